The Hall–Kier alpha value is -0.650. The Morgan fingerprint density at radius 1 is 1.11 bits per heavy atom. The first-order valence-corrected chi connectivity index (χ1v) is 6.83. The second kappa shape index (κ2) is 11.4. The zero-order valence-electron chi connectivity index (χ0n) is 12.1. The van der Waals surface area contributed by atoms with Crippen LogP contribution in [0, 0.1) is 0 Å². The predicted molar refractivity (Wildman–Crippen MR) is 72.4 cm³/mol. The van der Waals surface area contributed by atoms with Gasteiger partial charge in [0.25, 0.3) is 0 Å². The fourth-order valence-electron chi connectivity index (χ4n) is 1.53. The quantitative estimate of drug-likeness (QED) is 0.434. The van der Waals surface area contributed by atoms with Crippen molar-refractivity contribution >= 4 is 5.91 Å². The lowest BCUT2D eigenvalue weighted by Gasteiger charge is -2.17. The second-order valence-electron chi connectivity index (χ2n) is 4.35. The maximum absolute atomic E-state index is 11.4. The van der Waals surface area contributed by atoms with Crippen molar-refractivity contribution in [1.82, 2.24) is 10.6 Å². The van der Waals surface area contributed by atoms with E-state index in [0.29, 0.717) is 26.2 Å². The standard InChI is InChI=1S/C13H28N2O3/c1-5-17-13(18-6-2)8-10-14-9-7-12(16)15-11(3)4/h11,13-14H,5-10H2,1-4H3,(H,15,16). The smallest absolute Gasteiger partial charge is 0.221 e. The molecule has 108 valence electrons. The summed E-state index contributed by atoms with van der Waals surface area (Å²) < 4.78 is 10.8. The van der Waals surface area contributed by atoms with Gasteiger partial charge in [0, 0.05) is 38.6 Å². The molecule has 0 aromatic heterocycles. The molecule has 0 aliphatic rings. The third-order valence-corrected chi connectivity index (χ3v) is 2.24. The van der Waals surface area contributed by atoms with Crippen LogP contribution in [0.1, 0.15) is 40.5 Å². The third kappa shape index (κ3) is 10.5. The molecule has 5 heteroatoms. The van der Waals surface area contributed by atoms with E-state index in [-0.39, 0.29) is 18.2 Å². The van der Waals surface area contributed by atoms with Crippen molar-refractivity contribution < 1.29 is 14.3 Å². The first-order valence-electron chi connectivity index (χ1n) is 6.83. The van der Waals surface area contributed by atoms with E-state index in [9.17, 15) is 4.79 Å². The van der Waals surface area contributed by atoms with E-state index in [2.05, 4.69) is 10.6 Å². The highest BCUT2D eigenvalue weighted by Gasteiger charge is 2.07. The molecule has 5 nitrogen and oxygen atoms in total. The second-order valence-corrected chi connectivity index (χ2v) is 4.35. The van der Waals surface area contributed by atoms with Crippen LogP contribution in [0.25, 0.3) is 0 Å². The summed E-state index contributed by atoms with van der Waals surface area (Å²) in [7, 11) is 0. The number of carbonyl (C=O) groups excluding carboxylic acids is 1. The van der Waals surface area contributed by atoms with Crippen LogP contribution >= 0.6 is 0 Å². The normalized spacial score (nSPS) is 11.2. The topological polar surface area (TPSA) is 59.6 Å². The highest BCUT2D eigenvalue weighted by atomic mass is 16.7. The molecular weight excluding hydrogens is 232 g/mol. The number of ether oxygens (including phenoxy) is 2. The van der Waals surface area contributed by atoms with Crippen molar-refractivity contribution in [3.05, 3.63) is 0 Å². The molecule has 0 spiro atoms. The third-order valence-electron chi connectivity index (χ3n) is 2.24. The zero-order chi connectivity index (χ0) is 13.8. The van der Waals surface area contributed by atoms with Gasteiger partial charge in [0.05, 0.1) is 0 Å². The molecule has 0 aliphatic carbocycles. The zero-order valence-corrected chi connectivity index (χ0v) is 12.1. The molecule has 0 aromatic carbocycles. The highest BCUT2D eigenvalue weighted by molar-refractivity contribution is 5.76. The fourth-order valence-corrected chi connectivity index (χ4v) is 1.53. The van der Waals surface area contributed by atoms with Crippen LogP contribution in [-0.4, -0.2) is 44.5 Å². The molecule has 0 atom stereocenters. The molecule has 0 aromatic rings. The Morgan fingerprint density at radius 3 is 2.22 bits per heavy atom. The first kappa shape index (κ1) is 17.4. The largest absolute Gasteiger partial charge is 0.354 e. The van der Waals surface area contributed by atoms with Gasteiger partial charge in [-0.05, 0) is 34.2 Å². The maximum atomic E-state index is 11.4. The van der Waals surface area contributed by atoms with Crippen LogP contribution in [-0.2, 0) is 14.3 Å². The van der Waals surface area contributed by atoms with Crippen LogP contribution in [0.15, 0.2) is 0 Å². The van der Waals surface area contributed by atoms with Gasteiger partial charge in [-0.1, -0.05) is 0 Å². The number of nitrogens with one attached hydrogen (secondary N) is 2. The Labute approximate surface area is 111 Å². The lowest BCUT2D eigenvalue weighted by atomic mass is 10.3. The van der Waals surface area contributed by atoms with E-state index < -0.39 is 0 Å². The molecule has 0 fully saturated rings. The van der Waals surface area contributed by atoms with Crippen LogP contribution < -0.4 is 10.6 Å². The van der Waals surface area contributed by atoms with E-state index in [4.69, 9.17) is 9.47 Å². The summed E-state index contributed by atoms with van der Waals surface area (Å²) >= 11 is 0. The van der Waals surface area contributed by atoms with Crippen molar-refractivity contribution in [3.63, 3.8) is 0 Å². The summed E-state index contributed by atoms with van der Waals surface area (Å²) in [5.74, 6) is 0.0867. The number of rotatable bonds is 11. The fraction of sp³-hybridized carbons (Fsp3) is 0.923. The number of carbonyl (C=O) groups is 1. The molecule has 0 aliphatic heterocycles. The molecule has 0 radical (unpaired) electrons. The molecule has 1 amide bonds. The molecular formula is C13H28N2O3. The van der Waals surface area contributed by atoms with E-state index >= 15 is 0 Å². The van der Waals surface area contributed by atoms with Crippen molar-refractivity contribution in [2.24, 2.45) is 0 Å². The first-order chi connectivity index (χ1) is 8.60. The number of hydrogen-bond acceptors (Lipinski definition) is 4. The SMILES string of the molecule is CCOC(CCNCCC(=O)NC(C)C)OCC. The minimum Gasteiger partial charge on any atom is -0.354 e. The molecule has 18 heavy (non-hydrogen) atoms. The summed E-state index contributed by atoms with van der Waals surface area (Å²) in [5, 5.41) is 6.07. The monoisotopic (exact) mass is 260 g/mol. The van der Waals surface area contributed by atoms with Gasteiger partial charge in [-0.25, -0.2) is 0 Å². The predicted octanol–water partition coefficient (Wildman–Crippen LogP) is 1.28. The maximum Gasteiger partial charge on any atom is 0.221 e. The van der Waals surface area contributed by atoms with E-state index in [1.54, 1.807) is 0 Å². The molecule has 0 heterocycles. The van der Waals surface area contributed by atoms with Crippen LogP contribution in [0.2, 0.25) is 0 Å². The molecule has 2 N–H and O–H groups in total. The van der Waals surface area contributed by atoms with Crippen LogP contribution in [0.3, 0.4) is 0 Å². The summed E-state index contributed by atoms with van der Waals surface area (Å²) in [6.07, 6.45) is 1.16. The van der Waals surface area contributed by atoms with Gasteiger partial charge in [-0.2, -0.15) is 0 Å². The van der Waals surface area contributed by atoms with Crippen molar-refractivity contribution in [3.8, 4) is 0 Å². The minimum absolute atomic E-state index is 0.0867. The van der Waals surface area contributed by atoms with E-state index in [0.717, 1.165) is 13.0 Å². The van der Waals surface area contributed by atoms with Crippen molar-refractivity contribution in [2.45, 2.75) is 52.9 Å². The molecule has 0 unspecified atom stereocenters. The summed E-state index contributed by atoms with van der Waals surface area (Å²) in [5.41, 5.74) is 0. The molecule has 0 saturated carbocycles. The van der Waals surface area contributed by atoms with Gasteiger partial charge < -0.3 is 20.1 Å². The molecule has 0 saturated heterocycles. The van der Waals surface area contributed by atoms with Gasteiger partial charge in [0.2, 0.25) is 5.91 Å². The Kier molecular flexibility index (Phi) is 11.0. The minimum atomic E-state index is -0.142. The molecule has 0 rings (SSSR count). The lowest BCUT2D eigenvalue weighted by Crippen LogP contribution is -2.33. The Balaban J connectivity index is 3.50. The van der Waals surface area contributed by atoms with Gasteiger partial charge in [-0.3, -0.25) is 4.79 Å². The van der Waals surface area contributed by atoms with Crippen LogP contribution in [0.5, 0.6) is 0 Å². The number of amides is 1. The van der Waals surface area contributed by atoms with Crippen LogP contribution in [0.4, 0.5) is 0 Å². The van der Waals surface area contributed by atoms with Gasteiger partial charge >= 0.3 is 0 Å². The Morgan fingerprint density at radius 2 is 1.72 bits per heavy atom. The van der Waals surface area contributed by atoms with Gasteiger partial charge in [0.1, 0.15) is 0 Å². The molecule has 0 bridgehead atoms. The van der Waals surface area contributed by atoms with E-state index in [1.807, 2.05) is 27.7 Å². The van der Waals surface area contributed by atoms with Crippen molar-refractivity contribution in [2.75, 3.05) is 26.3 Å². The van der Waals surface area contributed by atoms with Gasteiger partial charge in [0.15, 0.2) is 6.29 Å². The summed E-state index contributed by atoms with van der Waals surface area (Å²) in [6, 6.07) is 0.206. The number of hydrogen-bond donors (Lipinski definition) is 2. The Bertz CT molecular complexity index is 204. The summed E-state index contributed by atoms with van der Waals surface area (Å²) in [4.78, 5) is 11.4. The lowest BCUT2D eigenvalue weighted by molar-refractivity contribution is -0.138. The van der Waals surface area contributed by atoms with Crippen molar-refractivity contribution in [1.29, 1.82) is 0 Å². The average Bonchev–Trinajstić information content (AvgIpc) is 2.28. The summed E-state index contributed by atoms with van der Waals surface area (Å²) in [6.45, 7) is 10.6. The highest BCUT2D eigenvalue weighted by Crippen LogP contribution is 1.99. The van der Waals surface area contributed by atoms with Gasteiger partial charge in [-0.15, -0.1) is 0 Å². The average molecular weight is 260 g/mol. The van der Waals surface area contributed by atoms with E-state index in [1.165, 1.54) is 0 Å².